The number of halogens is 4. The molecule has 6 nitrogen and oxygen atoms in total. The van der Waals surface area contributed by atoms with Gasteiger partial charge in [-0.2, -0.15) is 18.2 Å². The number of nitrogen functional groups attached to an aromatic ring is 1. The van der Waals surface area contributed by atoms with Gasteiger partial charge < -0.3 is 15.6 Å². The Morgan fingerprint density at radius 2 is 1.94 bits per heavy atom. The maximum atomic E-state index is 12.8. The Morgan fingerprint density at radius 3 is 2.58 bits per heavy atom. The molecule has 0 aliphatic carbocycles. The van der Waals surface area contributed by atoms with Crippen LogP contribution in [0.1, 0.15) is 31.7 Å². The Labute approximate surface area is 181 Å². The quantitative estimate of drug-likeness (QED) is 0.433. The van der Waals surface area contributed by atoms with Crippen molar-refractivity contribution in [1.82, 2.24) is 9.97 Å². The van der Waals surface area contributed by atoms with Crippen molar-refractivity contribution in [2.24, 2.45) is 4.99 Å². The predicted molar refractivity (Wildman–Crippen MR) is 114 cm³/mol. The average Bonchev–Trinajstić information content (AvgIpc) is 2.69. The molecule has 10 heteroatoms. The minimum Gasteiger partial charge on any atom is -0.456 e. The summed E-state index contributed by atoms with van der Waals surface area (Å²) >= 11 is 5.98. The van der Waals surface area contributed by atoms with Gasteiger partial charge in [0.15, 0.2) is 5.82 Å². The molecule has 2 aromatic carbocycles. The molecule has 1 aromatic heterocycles. The summed E-state index contributed by atoms with van der Waals surface area (Å²) in [7, 11) is 0. The third kappa shape index (κ3) is 5.62. The van der Waals surface area contributed by atoms with E-state index in [2.05, 4.69) is 15.0 Å². The topological polar surface area (TPSA) is 93.6 Å². The number of nitrogens with two attached hydrogens (primary N) is 1. The first kappa shape index (κ1) is 22.8. The van der Waals surface area contributed by atoms with Gasteiger partial charge in [-0.1, -0.05) is 24.9 Å². The average molecular weight is 453 g/mol. The number of aliphatic imine (C=N–C) groups is 1. The first-order chi connectivity index (χ1) is 14.7. The van der Waals surface area contributed by atoms with E-state index in [1.165, 1.54) is 0 Å². The number of rotatable bonds is 7. The van der Waals surface area contributed by atoms with Gasteiger partial charge in [0.25, 0.3) is 0 Å². The number of anilines is 1. The second-order valence-corrected chi connectivity index (χ2v) is 7.14. The van der Waals surface area contributed by atoms with Crippen LogP contribution in [0, 0.1) is 0 Å². The highest BCUT2D eigenvalue weighted by Gasteiger charge is 2.31. The van der Waals surface area contributed by atoms with E-state index < -0.39 is 11.7 Å². The smallest absolute Gasteiger partial charge is 0.416 e. The summed E-state index contributed by atoms with van der Waals surface area (Å²) in [6, 6.07) is 7.72. The molecule has 0 saturated heterocycles. The lowest BCUT2D eigenvalue weighted by atomic mass is 10.1. The van der Waals surface area contributed by atoms with Crippen LogP contribution in [0.5, 0.6) is 11.5 Å². The van der Waals surface area contributed by atoms with Gasteiger partial charge in [0.1, 0.15) is 11.5 Å². The molecule has 3 aromatic rings. The van der Waals surface area contributed by atoms with E-state index in [1.54, 1.807) is 18.2 Å². The minimum atomic E-state index is -4.50. The Hall–Kier alpha value is -2.91. The number of aliphatic hydroxyl groups is 1. The van der Waals surface area contributed by atoms with Crippen LogP contribution in [-0.2, 0) is 6.18 Å². The second kappa shape index (κ2) is 9.49. The number of alkyl halides is 3. The molecule has 3 N–H and O–H groups in total. The summed E-state index contributed by atoms with van der Waals surface area (Å²) in [5, 5.41) is 9.64. The molecule has 0 atom stereocenters. The molecule has 0 unspecified atom stereocenters. The maximum Gasteiger partial charge on any atom is 0.416 e. The van der Waals surface area contributed by atoms with Crippen LogP contribution in [0.25, 0.3) is 10.9 Å². The van der Waals surface area contributed by atoms with Crippen molar-refractivity contribution < 1.29 is 23.0 Å². The van der Waals surface area contributed by atoms with Gasteiger partial charge in [0, 0.05) is 24.1 Å². The molecular formula is C21H20ClF3N4O2. The number of aromatic nitrogens is 2. The fourth-order valence-electron chi connectivity index (χ4n) is 2.95. The first-order valence-electron chi connectivity index (χ1n) is 9.50. The van der Waals surface area contributed by atoms with Gasteiger partial charge in [0.2, 0.25) is 5.95 Å². The molecular weight excluding hydrogens is 433 g/mol. The molecule has 0 amide bonds. The SMILES string of the molecule is CCC/C(CCO)=N/c1nc(N)nc2ccc(Oc3ccc(C(F)(F)F)cc3Cl)cc12. The molecule has 0 bridgehead atoms. The van der Waals surface area contributed by atoms with E-state index in [-0.39, 0.29) is 23.3 Å². The van der Waals surface area contributed by atoms with Crippen molar-refractivity contribution in [1.29, 1.82) is 0 Å². The van der Waals surface area contributed by atoms with E-state index >= 15 is 0 Å². The lowest BCUT2D eigenvalue weighted by molar-refractivity contribution is -0.137. The molecule has 0 aliphatic heterocycles. The summed E-state index contributed by atoms with van der Waals surface area (Å²) in [5.41, 5.74) is 6.22. The largest absolute Gasteiger partial charge is 0.456 e. The molecule has 1 heterocycles. The van der Waals surface area contributed by atoms with Crippen LogP contribution in [0.4, 0.5) is 24.9 Å². The molecule has 0 aliphatic rings. The van der Waals surface area contributed by atoms with E-state index in [9.17, 15) is 18.3 Å². The molecule has 3 rings (SSSR count). The zero-order valence-corrected chi connectivity index (χ0v) is 17.3. The summed E-state index contributed by atoms with van der Waals surface area (Å²) in [4.78, 5) is 12.9. The zero-order valence-electron chi connectivity index (χ0n) is 16.6. The summed E-state index contributed by atoms with van der Waals surface area (Å²) in [5.74, 6) is 0.759. The number of aliphatic hydroxyl groups excluding tert-OH is 1. The van der Waals surface area contributed by atoms with Crippen LogP contribution in [0.15, 0.2) is 41.4 Å². The lowest BCUT2D eigenvalue weighted by Crippen LogP contribution is -2.04. The van der Waals surface area contributed by atoms with Crippen LogP contribution in [-0.4, -0.2) is 27.4 Å². The third-order valence-electron chi connectivity index (χ3n) is 4.35. The van der Waals surface area contributed by atoms with Gasteiger partial charge in [-0.25, -0.2) is 9.98 Å². The molecule has 164 valence electrons. The second-order valence-electron chi connectivity index (χ2n) is 6.73. The Morgan fingerprint density at radius 1 is 1.16 bits per heavy atom. The predicted octanol–water partition coefficient (Wildman–Crippen LogP) is 5.93. The van der Waals surface area contributed by atoms with Crippen molar-refractivity contribution in [2.75, 3.05) is 12.3 Å². The number of benzene rings is 2. The number of hydrogen-bond donors (Lipinski definition) is 2. The third-order valence-corrected chi connectivity index (χ3v) is 4.65. The number of nitrogens with zero attached hydrogens (tertiary/aromatic N) is 3. The maximum absolute atomic E-state index is 12.8. The Bertz CT molecular complexity index is 1110. The molecule has 0 spiro atoms. The molecule has 31 heavy (non-hydrogen) atoms. The standard InChI is InChI=1S/C21H20ClF3N4O2/c1-2-3-13(8-9-30)27-19-15-11-14(5-6-17(15)28-20(26)29-19)31-18-7-4-12(10-16(18)22)21(23,24)25/h4-7,10-11,30H,2-3,8-9H2,1H3,(H2,26,28,29)/b27-13-. The number of ether oxygens (including phenoxy) is 1. The van der Waals surface area contributed by atoms with Gasteiger partial charge in [-0.3, -0.25) is 0 Å². The van der Waals surface area contributed by atoms with E-state index in [0.29, 0.717) is 35.3 Å². The lowest BCUT2D eigenvalue weighted by Gasteiger charge is -2.12. The minimum absolute atomic E-state index is 0.0435. The van der Waals surface area contributed by atoms with Crippen molar-refractivity contribution >= 4 is 40.0 Å². The van der Waals surface area contributed by atoms with E-state index in [1.807, 2.05) is 6.92 Å². The Kier molecular flexibility index (Phi) is 6.97. The first-order valence-corrected chi connectivity index (χ1v) is 9.88. The fourth-order valence-corrected chi connectivity index (χ4v) is 3.17. The summed E-state index contributed by atoms with van der Waals surface area (Å²) < 4.78 is 44.2. The monoisotopic (exact) mass is 452 g/mol. The van der Waals surface area contributed by atoms with Crippen molar-refractivity contribution in [3.05, 3.63) is 47.0 Å². The molecule has 0 saturated carbocycles. The van der Waals surface area contributed by atoms with Gasteiger partial charge in [-0.05, 0) is 42.8 Å². The van der Waals surface area contributed by atoms with Gasteiger partial charge in [-0.15, -0.1) is 0 Å². The Balaban J connectivity index is 2.00. The van der Waals surface area contributed by atoms with Crippen LogP contribution >= 0.6 is 11.6 Å². The number of fused-ring (bicyclic) bond motifs is 1. The summed E-state index contributed by atoms with van der Waals surface area (Å²) in [6.07, 6.45) is -2.57. The van der Waals surface area contributed by atoms with Crippen LogP contribution < -0.4 is 10.5 Å². The van der Waals surface area contributed by atoms with Gasteiger partial charge >= 0.3 is 6.18 Å². The van der Waals surface area contributed by atoms with Crippen molar-refractivity contribution in [3.8, 4) is 11.5 Å². The van der Waals surface area contributed by atoms with E-state index in [0.717, 1.165) is 30.3 Å². The zero-order chi connectivity index (χ0) is 22.6. The fraction of sp³-hybridized carbons (Fsp3) is 0.286. The highest BCUT2D eigenvalue weighted by atomic mass is 35.5. The molecule has 0 fully saturated rings. The van der Waals surface area contributed by atoms with Crippen molar-refractivity contribution in [2.45, 2.75) is 32.4 Å². The highest BCUT2D eigenvalue weighted by Crippen LogP contribution is 2.37. The number of hydrogen-bond acceptors (Lipinski definition) is 6. The van der Waals surface area contributed by atoms with Crippen molar-refractivity contribution in [3.63, 3.8) is 0 Å². The van der Waals surface area contributed by atoms with Gasteiger partial charge in [0.05, 0.1) is 16.1 Å². The summed E-state index contributed by atoms with van der Waals surface area (Å²) in [6.45, 7) is 1.96. The van der Waals surface area contributed by atoms with E-state index in [4.69, 9.17) is 22.1 Å². The normalized spacial score (nSPS) is 12.4. The van der Waals surface area contributed by atoms with Crippen LogP contribution in [0.3, 0.4) is 0 Å². The van der Waals surface area contributed by atoms with Crippen LogP contribution in [0.2, 0.25) is 5.02 Å². The molecule has 0 radical (unpaired) electrons. The highest BCUT2D eigenvalue weighted by molar-refractivity contribution is 6.32.